The molecule has 0 unspecified atom stereocenters. The number of hydrogen-bond acceptors (Lipinski definition) is 5. The molecule has 1 fully saturated rings. The first-order chi connectivity index (χ1) is 16.0. The van der Waals surface area contributed by atoms with Crippen LogP contribution in [-0.2, 0) is 17.9 Å². The minimum absolute atomic E-state index is 0.0697. The molecule has 1 aliphatic rings. The van der Waals surface area contributed by atoms with Crippen LogP contribution in [0.15, 0.2) is 47.5 Å². The molecule has 1 aliphatic heterocycles. The van der Waals surface area contributed by atoms with Gasteiger partial charge in [0.15, 0.2) is 11.6 Å². The number of methoxy groups -OCH3 is 1. The van der Waals surface area contributed by atoms with Crippen molar-refractivity contribution < 1.29 is 13.9 Å². The summed E-state index contributed by atoms with van der Waals surface area (Å²) in [5.74, 6) is -0.0199. The molecule has 0 N–H and O–H groups in total. The van der Waals surface area contributed by atoms with Crippen LogP contribution in [0.5, 0.6) is 5.75 Å². The van der Waals surface area contributed by atoms with Gasteiger partial charge in [0.05, 0.1) is 24.3 Å². The summed E-state index contributed by atoms with van der Waals surface area (Å²) in [7, 11) is 1.45. The average Bonchev–Trinajstić information content (AvgIpc) is 2.81. The second kappa shape index (κ2) is 10.1. The van der Waals surface area contributed by atoms with Gasteiger partial charge >= 0.3 is 0 Å². The molecule has 0 radical (unpaired) electrons. The van der Waals surface area contributed by atoms with E-state index in [2.05, 4.69) is 9.88 Å². The first-order valence-corrected chi connectivity index (χ1v) is 11.2. The third-order valence-electron chi connectivity index (χ3n) is 6.19. The Morgan fingerprint density at radius 1 is 1.15 bits per heavy atom. The van der Waals surface area contributed by atoms with E-state index in [1.54, 1.807) is 23.0 Å². The molecule has 0 spiro atoms. The maximum absolute atomic E-state index is 13.9. The minimum Gasteiger partial charge on any atom is -0.494 e. The summed E-state index contributed by atoms with van der Waals surface area (Å²) in [5.41, 5.74) is 2.52. The zero-order valence-electron chi connectivity index (χ0n) is 19.1. The number of fused-ring (bicyclic) bond motifs is 1. The first kappa shape index (κ1) is 22.9. The van der Waals surface area contributed by atoms with Crippen molar-refractivity contribution in [1.29, 1.82) is 0 Å². The summed E-state index contributed by atoms with van der Waals surface area (Å²) in [4.78, 5) is 33.8. The number of nitrogens with zero attached hydrogens (tertiary/aromatic N) is 4. The molecule has 2 heterocycles. The highest BCUT2D eigenvalue weighted by Gasteiger charge is 2.21. The standard InChI is InChI=1S/C25H29FN4O3/c1-18-5-3-6-20-24(18)27-17-30(25(20)32)10-4-7-23(31)29-13-11-28(12-14-29)16-19-8-9-22(33-2)21(26)15-19/h3,5-6,8-9,15,17H,4,7,10-14,16H2,1-2H3. The van der Waals surface area contributed by atoms with Crippen LogP contribution in [0, 0.1) is 12.7 Å². The van der Waals surface area contributed by atoms with Gasteiger partial charge < -0.3 is 9.64 Å². The number of ether oxygens (including phenoxy) is 1. The topological polar surface area (TPSA) is 67.7 Å². The Balaban J connectivity index is 1.25. The van der Waals surface area contributed by atoms with Crippen LogP contribution < -0.4 is 10.3 Å². The smallest absolute Gasteiger partial charge is 0.261 e. The Bertz CT molecular complexity index is 1200. The first-order valence-electron chi connectivity index (χ1n) is 11.2. The van der Waals surface area contributed by atoms with Crippen LogP contribution in [-0.4, -0.2) is 58.5 Å². The van der Waals surface area contributed by atoms with Gasteiger partial charge in [0, 0.05) is 45.7 Å². The lowest BCUT2D eigenvalue weighted by Gasteiger charge is -2.35. The second-order valence-electron chi connectivity index (χ2n) is 8.44. The lowest BCUT2D eigenvalue weighted by molar-refractivity contribution is -0.133. The Kier molecular flexibility index (Phi) is 7.03. The zero-order chi connectivity index (χ0) is 23.4. The molecule has 0 aliphatic carbocycles. The van der Waals surface area contributed by atoms with E-state index in [0.29, 0.717) is 44.4 Å². The number of carbonyl (C=O) groups excluding carboxylic acids is 1. The number of aryl methyl sites for hydroxylation is 2. The number of hydrogen-bond donors (Lipinski definition) is 0. The van der Waals surface area contributed by atoms with E-state index in [-0.39, 0.29) is 23.0 Å². The number of benzene rings is 2. The van der Waals surface area contributed by atoms with Crippen LogP contribution in [0.1, 0.15) is 24.0 Å². The molecule has 1 amide bonds. The van der Waals surface area contributed by atoms with Crippen molar-refractivity contribution in [2.24, 2.45) is 0 Å². The number of rotatable bonds is 7. The van der Waals surface area contributed by atoms with Gasteiger partial charge in [-0.3, -0.25) is 19.1 Å². The molecular weight excluding hydrogens is 423 g/mol. The van der Waals surface area contributed by atoms with Gasteiger partial charge in [-0.05, 0) is 42.7 Å². The van der Waals surface area contributed by atoms with Crippen molar-refractivity contribution in [3.63, 3.8) is 0 Å². The van der Waals surface area contributed by atoms with Crippen LogP contribution in [0.2, 0.25) is 0 Å². The largest absolute Gasteiger partial charge is 0.494 e. The predicted molar refractivity (Wildman–Crippen MR) is 125 cm³/mol. The van der Waals surface area contributed by atoms with Crippen molar-refractivity contribution in [2.45, 2.75) is 32.9 Å². The van der Waals surface area contributed by atoms with Crippen molar-refractivity contribution >= 4 is 16.8 Å². The number of halogens is 1. The summed E-state index contributed by atoms with van der Waals surface area (Å²) in [6.45, 7) is 5.82. The molecule has 0 atom stereocenters. The maximum atomic E-state index is 13.9. The van der Waals surface area contributed by atoms with Crippen molar-refractivity contribution in [1.82, 2.24) is 19.4 Å². The molecule has 8 heteroatoms. The molecule has 2 aromatic carbocycles. The molecule has 1 aromatic heterocycles. The quantitative estimate of drug-likeness (QED) is 0.551. The molecular formula is C25H29FN4O3. The van der Waals surface area contributed by atoms with Gasteiger partial charge in [0.2, 0.25) is 5.91 Å². The summed E-state index contributed by atoms with van der Waals surface area (Å²) in [6, 6.07) is 10.6. The third kappa shape index (κ3) is 5.22. The van der Waals surface area contributed by atoms with E-state index in [0.717, 1.165) is 29.7 Å². The summed E-state index contributed by atoms with van der Waals surface area (Å²) >= 11 is 0. The van der Waals surface area contributed by atoms with Crippen molar-refractivity contribution in [3.8, 4) is 5.75 Å². The predicted octanol–water partition coefficient (Wildman–Crippen LogP) is 2.98. The molecule has 1 saturated heterocycles. The molecule has 7 nitrogen and oxygen atoms in total. The number of carbonyl (C=O) groups is 1. The highest BCUT2D eigenvalue weighted by Crippen LogP contribution is 2.19. The van der Waals surface area contributed by atoms with Gasteiger partial charge in [0.1, 0.15) is 0 Å². The van der Waals surface area contributed by atoms with E-state index >= 15 is 0 Å². The fraction of sp³-hybridized carbons (Fsp3) is 0.400. The van der Waals surface area contributed by atoms with E-state index in [1.807, 2.05) is 30.0 Å². The van der Waals surface area contributed by atoms with E-state index in [1.165, 1.54) is 13.2 Å². The molecule has 33 heavy (non-hydrogen) atoms. The highest BCUT2D eigenvalue weighted by atomic mass is 19.1. The maximum Gasteiger partial charge on any atom is 0.261 e. The third-order valence-corrected chi connectivity index (χ3v) is 6.19. The minimum atomic E-state index is -0.361. The van der Waals surface area contributed by atoms with Gasteiger partial charge in [-0.2, -0.15) is 0 Å². The number of aromatic nitrogens is 2. The Hall–Kier alpha value is -3.26. The number of piperazine rings is 1. The van der Waals surface area contributed by atoms with Crippen LogP contribution in [0.4, 0.5) is 4.39 Å². The van der Waals surface area contributed by atoms with Crippen LogP contribution >= 0.6 is 0 Å². The summed E-state index contributed by atoms with van der Waals surface area (Å²) in [5, 5.41) is 0.608. The molecule has 4 rings (SSSR count). The summed E-state index contributed by atoms with van der Waals surface area (Å²) in [6.07, 6.45) is 2.55. The Labute approximate surface area is 192 Å². The normalized spacial score (nSPS) is 14.6. The van der Waals surface area contributed by atoms with Gasteiger partial charge in [0.25, 0.3) is 5.56 Å². The van der Waals surface area contributed by atoms with E-state index in [9.17, 15) is 14.0 Å². The van der Waals surface area contributed by atoms with E-state index in [4.69, 9.17) is 4.74 Å². The van der Waals surface area contributed by atoms with Crippen LogP contribution in [0.25, 0.3) is 10.9 Å². The fourth-order valence-electron chi connectivity index (χ4n) is 4.28. The highest BCUT2D eigenvalue weighted by molar-refractivity contribution is 5.80. The molecule has 174 valence electrons. The molecule has 0 bridgehead atoms. The molecule has 0 saturated carbocycles. The second-order valence-corrected chi connectivity index (χ2v) is 8.44. The number of amides is 1. The van der Waals surface area contributed by atoms with Crippen LogP contribution in [0.3, 0.4) is 0 Å². The lowest BCUT2D eigenvalue weighted by Crippen LogP contribution is -2.48. The average molecular weight is 453 g/mol. The van der Waals surface area contributed by atoms with Crippen molar-refractivity contribution in [2.75, 3.05) is 33.3 Å². The van der Waals surface area contributed by atoms with E-state index < -0.39 is 0 Å². The fourth-order valence-corrected chi connectivity index (χ4v) is 4.28. The lowest BCUT2D eigenvalue weighted by atomic mass is 10.1. The Morgan fingerprint density at radius 2 is 1.94 bits per heavy atom. The number of para-hydroxylation sites is 1. The Morgan fingerprint density at radius 3 is 2.67 bits per heavy atom. The van der Waals surface area contributed by atoms with Crippen molar-refractivity contribution in [3.05, 3.63) is 70.0 Å². The molecule has 3 aromatic rings. The van der Waals surface area contributed by atoms with Gasteiger partial charge in [-0.15, -0.1) is 0 Å². The monoisotopic (exact) mass is 452 g/mol. The van der Waals surface area contributed by atoms with Gasteiger partial charge in [-0.25, -0.2) is 9.37 Å². The summed E-state index contributed by atoms with van der Waals surface area (Å²) < 4.78 is 20.5. The van der Waals surface area contributed by atoms with Gasteiger partial charge in [-0.1, -0.05) is 18.2 Å². The zero-order valence-corrected chi connectivity index (χ0v) is 19.1. The SMILES string of the molecule is COc1ccc(CN2CCN(C(=O)CCCn3cnc4c(C)cccc4c3=O)CC2)cc1F.